The second-order valence-corrected chi connectivity index (χ2v) is 5.86. The Kier molecular flexibility index (Phi) is 7.51. The Bertz CT molecular complexity index is 671. The number of hydrogen-bond acceptors (Lipinski definition) is 4. The Hall–Kier alpha value is -2.47. The molecule has 6 heteroatoms. The van der Waals surface area contributed by atoms with Gasteiger partial charge in [0.15, 0.2) is 11.6 Å². The summed E-state index contributed by atoms with van der Waals surface area (Å²) in [6, 6.07) is 13.4. The molecule has 0 atom stereocenters. The number of hydrogen-bond donors (Lipinski definition) is 1. The van der Waals surface area contributed by atoms with Crippen LogP contribution in [0.1, 0.15) is 26.3 Å². The Morgan fingerprint density at radius 2 is 1.72 bits per heavy atom. The minimum Gasteiger partial charge on any atom is -0.464 e. The molecule has 2 N–H and O–H groups in total. The fraction of sp³-hybridized carbons (Fsp3) is 0.316. The third kappa shape index (κ3) is 5.53. The summed E-state index contributed by atoms with van der Waals surface area (Å²) in [7, 11) is 0. The Balaban J connectivity index is 0.000000293. The molecule has 0 saturated carbocycles. The lowest BCUT2D eigenvalue weighted by Crippen LogP contribution is -2.55. The van der Waals surface area contributed by atoms with E-state index in [4.69, 9.17) is 10.6 Å². The lowest BCUT2D eigenvalue weighted by molar-refractivity contribution is -0.148. The summed E-state index contributed by atoms with van der Waals surface area (Å²) in [6.07, 6.45) is 0. The van der Waals surface area contributed by atoms with Gasteiger partial charge in [-0.05, 0) is 51.5 Å². The molecule has 0 radical (unpaired) electrons. The number of carbonyl (C=O) groups excluding carboxylic acids is 1. The fourth-order valence-electron chi connectivity index (χ4n) is 1.93. The van der Waals surface area contributed by atoms with Crippen molar-refractivity contribution in [1.82, 2.24) is 0 Å². The summed E-state index contributed by atoms with van der Waals surface area (Å²) in [6.45, 7) is 7.12. The topological polar surface area (TPSA) is 55.6 Å². The van der Waals surface area contributed by atoms with Crippen LogP contribution in [0.3, 0.4) is 0 Å². The Morgan fingerprint density at radius 1 is 1.12 bits per heavy atom. The van der Waals surface area contributed by atoms with Crippen molar-refractivity contribution < 1.29 is 18.3 Å². The molecule has 2 aromatic carbocycles. The van der Waals surface area contributed by atoms with Crippen molar-refractivity contribution in [2.45, 2.75) is 33.2 Å². The highest BCUT2D eigenvalue weighted by Gasteiger charge is 2.34. The summed E-state index contributed by atoms with van der Waals surface area (Å²) >= 11 is 0. The highest BCUT2D eigenvalue weighted by molar-refractivity contribution is 5.83. The minimum absolute atomic E-state index is 0.332. The first-order valence-corrected chi connectivity index (χ1v) is 7.89. The third-order valence-electron chi connectivity index (χ3n) is 3.56. The first-order chi connectivity index (χ1) is 11.7. The van der Waals surface area contributed by atoms with E-state index < -0.39 is 17.2 Å². The van der Waals surface area contributed by atoms with E-state index in [1.165, 1.54) is 24.1 Å². The number of benzene rings is 2. The fourth-order valence-corrected chi connectivity index (χ4v) is 1.93. The van der Waals surface area contributed by atoms with Crippen molar-refractivity contribution in [3.05, 3.63) is 65.7 Å². The number of anilines is 1. The quantitative estimate of drug-likeness (QED) is 0.515. The van der Waals surface area contributed by atoms with Gasteiger partial charge < -0.3 is 4.74 Å². The number of nitrogens with two attached hydrogens (primary N) is 1. The van der Waals surface area contributed by atoms with E-state index in [0.717, 1.165) is 11.8 Å². The number of hydrazine groups is 1. The van der Waals surface area contributed by atoms with Gasteiger partial charge in [-0.2, -0.15) is 0 Å². The number of halogens is 2. The lowest BCUT2D eigenvalue weighted by atomic mass is 10.0. The van der Waals surface area contributed by atoms with Crippen LogP contribution in [0, 0.1) is 18.6 Å². The second-order valence-electron chi connectivity index (χ2n) is 5.86. The van der Waals surface area contributed by atoms with Crippen LogP contribution >= 0.6 is 0 Å². The molecular formula is C19H24F2N2O2. The van der Waals surface area contributed by atoms with Crippen molar-refractivity contribution in [3.63, 3.8) is 0 Å². The molecule has 0 aromatic heterocycles. The molecule has 2 aromatic rings. The van der Waals surface area contributed by atoms with Crippen molar-refractivity contribution in [2.75, 3.05) is 11.6 Å². The molecule has 4 nitrogen and oxygen atoms in total. The molecule has 0 aliphatic carbocycles. The summed E-state index contributed by atoms with van der Waals surface area (Å²) in [4.78, 5) is 11.7. The third-order valence-corrected chi connectivity index (χ3v) is 3.56. The molecule has 25 heavy (non-hydrogen) atoms. The van der Waals surface area contributed by atoms with Gasteiger partial charge in [0.25, 0.3) is 0 Å². The molecule has 0 bridgehead atoms. The average Bonchev–Trinajstić information content (AvgIpc) is 2.60. The van der Waals surface area contributed by atoms with Gasteiger partial charge in [0.05, 0.1) is 12.3 Å². The predicted molar refractivity (Wildman–Crippen MR) is 94.9 cm³/mol. The SMILES string of the molecule is CCOC(=O)C(C)(C)N(N)c1ccccc1.Cc1cccc(F)c1F. The Morgan fingerprint density at radius 3 is 2.20 bits per heavy atom. The van der Waals surface area contributed by atoms with Crippen LogP contribution in [0.15, 0.2) is 48.5 Å². The molecule has 0 aliphatic heterocycles. The minimum atomic E-state index is -0.878. The van der Waals surface area contributed by atoms with Crippen LogP contribution in [0.2, 0.25) is 0 Å². The first-order valence-electron chi connectivity index (χ1n) is 7.89. The highest BCUT2D eigenvalue weighted by Crippen LogP contribution is 2.21. The zero-order chi connectivity index (χ0) is 19.0. The van der Waals surface area contributed by atoms with E-state index in [9.17, 15) is 13.6 Å². The number of rotatable bonds is 4. The zero-order valence-corrected chi connectivity index (χ0v) is 14.9. The van der Waals surface area contributed by atoms with Crippen LogP contribution in [-0.2, 0) is 9.53 Å². The molecule has 0 fully saturated rings. The number of carbonyl (C=O) groups is 1. The monoisotopic (exact) mass is 350 g/mol. The molecular weight excluding hydrogens is 326 g/mol. The maximum Gasteiger partial charge on any atom is 0.332 e. The van der Waals surface area contributed by atoms with Gasteiger partial charge in [-0.1, -0.05) is 30.3 Å². The maximum absolute atomic E-state index is 12.4. The molecule has 0 amide bonds. The van der Waals surface area contributed by atoms with Gasteiger partial charge in [-0.3, -0.25) is 5.01 Å². The number of nitrogens with zero attached hydrogens (tertiary/aromatic N) is 1. The molecule has 0 unspecified atom stereocenters. The van der Waals surface area contributed by atoms with E-state index >= 15 is 0 Å². The molecule has 0 spiro atoms. The second kappa shape index (κ2) is 9.13. The number of esters is 1. The summed E-state index contributed by atoms with van der Waals surface area (Å²) in [5, 5.41) is 1.42. The number of aryl methyl sites for hydroxylation is 1. The van der Waals surface area contributed by atoms with Gasteiger partial charge in [0, 0.05) is 0 Å². The van der Waals surface area contributed by atoms with Gasteiger partial charge in [0.1, 0.15) is 5.54 Å². The standard InChI is InChI=1S/C12H18N2O2.C7H6F2/c1-4-16-11(15)12(2,3)14(13)10-8-6-5-7-9-10;1-5-3-2-4-6(8)7(5)9/h5-9H,4,13H2,1-3H3;2-4H,1H3. The maximum atomic E-state index is 12.4. The van der Waals surface area contributed by atoms with Crippen LogP contribution in [0.4, 0.5) is 14.5 Å². The van der Waals surface area contributed by atoms with Gasteiger partial charge in [-0.25, -0.2) is 19.4 Å². The van der Waals surface area contributed by atoms with Crippen LogP contribution in [0.25, 0.3) is 0 Å². The molecule has 0 heterocycles. The summed E-state index contributed by atoms with van der Waals surface area (Å²) in [5.41, 5.74) is 0.243. The van der Waals surface area contributed by atoms with Crippen molar-refractivity contribution >= 4 is 11.7 Å². The van der Waals surface area contributed by atoms with E-state index in [-0.39, 0.29) is 5.97 Å². The smallest absolute Gasteiger partial charge is 0.332 e. The van der Waals surface area contributed by atoms with E-state index in [1.54, 1.807) is 20.8 Å². The van der Waals surface area contributed by atoms with Gasteiger partial charge in [-0.15, -0.1) is 0 Å². The Labute approximate surface area is 147 Å². The van der Waals surface area contributed by atoms with E-state index in [1.807, 2.05) is 30.3 Å². The summed E-state index contributed by atoms with van der Waals surface area (Å²) < 4.78 is 29.5. The van der Waals surface area contributed by atoms with Crippen LogP contribution in [-0.4, -0.2) is 18.1 Å². The van der Waals surface area contributed by atoms with E-state index in [0.29, 0.717) is 12.2 Å². The molecule has 136 valence electrons. The predicted octanol–water partition coefficient (Wildman–Crippen LogP) is 3.98. The zero-order valence-electron chi connectivity index (χ0n) is 14.9. The highest BCUT2D eigenvalue weighted by atomic mass is 19.2. The first kappa shape index (κ1) is 20.6. The van der Waals surface area contributed by atoms with Gasteiger partial charge >= 0.3 is 5.97 Å². The normalized spacial score (nSPS) is 10.5. The largest absolute Gasteiger partial charge is 0.464 e. The van der Waals surface area contributed by atoms with Crippen molar-refractivity contribution in [3.8, 4) is 0 Å². The summed E-state index contributed by atoms with van der Waals surface area (Å²) in [5.74, 6) is 4.07. The van der Waals surface area contributed by atoms with Crippen LogP contribution < -0.4 is 10.9 Å². The van der Waals surface area contributed by atoms with Gasteiger partial charge in [0.2, 0.25) is 0 Å². The van der Waals surface area contributed by atoms with Crippen molar-refractivity contribution in [2.24, 2.45) is 5.84 Å². The number of ether oxygens (including phenoxy) is 1. The van der Waals surface area contributed by atoms with Crippen LogP contribution in [0.5, 0.6) is 0 Å². The van der Waals surface area contributed by atoms with E-state index in [2.05, 4.69) is 0 Å². The van der Waals surface area contributed by atoms with Crippen molar-refractivity contribution in [1.29, 1.82) is 0 Å². The molecule has 2 rings (SSSR count). The lowest BCUT2D eigenvalue weighted by Gasteiger charge is -2.34. The number of para-hydroxylation sites is 1. The average molecular weight is 350 g/mol. The molecule has 0 saturated heterocycles. The molecule has 0 aliphatic rings.